The van der Waals surface area contributed by atoms with Gasteiger partial charge in [0, 0.05) is 19.6 Å². The Kier molecular flexibility index (Phi) is 7.16. The van der Waals surface area contributed by atoms with Crippen LogP contribution in [-0.4, -0.2) is 22.5 Å². The van der Waals surface area contributed by atoms with Crippen LogP contribution in [-0.2, 0) is 17.9 Å². The number of aliphatic carboxylic acids is 1. The smallest absolute Gasteiger partial charge is 0.304 e. The summed E-state index contributed by atoms with van der Waals surface area (Å²) in [6.45, 7) is 1.99. The molecule has 0 aliphatic heterocycles. The van der Waals surface area contributed by atoms with E-state index >= 15 is 0 Å². The highest BCUT2D eigenvalue weighted by atomic mass is 16.4. The van der Waals surface area contributed by atoms with E-state index in [1.807, 2.05) is 36.4 Å². The Morgan fingerprint density at radius 1 is 0.714 bits per heavy atom. The van der Waals surface area contributed by atoms with Crippen LogP contribution in [0.15, 0.2) is 84.9 Å². The second kappa shape index (κ2) is 10.2. The molecule has 0 bridgehead atoms. The molecule has 0 amide bonds. The molecule has 0 aliphatic carbocycles. The van der Waals surface area contributed by atoms with E-state index in [0.29, 0.717) is 6.54 Å². The fourth-order valence-electron chi connectivity index (χ4n) is 3.06. The molecule has 0 heterocycles. The topological polar surface area (TPSA) is 40.5 Å². The maximum Gasteiger partial charge on any atom is 0.304 e. The Morgan fingerprint density at radius 3 is 1.79 bits per heavy atom. The van der Waals surface area contributed by atoms with E-state index in [4.69, 9.17) is 5.11 Å². The number of rotatable bonds is 9. The van der Waals surface area contributed by atoms with Gasteiger partial charge in [0.1, 0.15) is 0 Å². The summed E-state index contributed by atoms with van der Waals surface area (Å²) in [7, 11) is 0. The number of benzene rings is 3. The third-order valence-electron chi connectivity index (χ3n) is 4.54. The van der Waals surface area contributed by atoms with Crippen molar-refractivity contribution < 1.29 is 9.90 Å². The van der Waals surface area contributed by atoms with Gasteiger partial charge < -0.3 is 5.11 Å². The third kappa shape index (κ3) is 6.53. The minimum absolute atomic E-state index is 0.144. The summed E-state index contributed by atoms with van der Waals surface area (Å²) < 4.78 is 0. The van der Waals surface area contributed by atoms with Gasteiger partial charge in [-0.2, -0.15) is 0 Å². The van der Waals surface area contributed by atoms with Crippen LogP contribution in [0, 0.1) is 0 Å². The lowest BCUT2D eigenvalue weighted by atomic mass is 10.1. The van der Waals surface area contributed by atoms with Crippen LogP contribution in [0.2, 0.25) is 0 Å². The van der Waals surface area contributed by atoms with Crippen molar-refractivity contribution in [3.8, 4) is 0 Å². The highest BCUT2D eigenvalue weighted by Gasteiger charge is 2.09. The van der Waals surface area contributed by atoms with Crippen molar-refractivity contribution in [3.05, 3.63) is 107 Å². The number of hydrogen-bond acceptors (Lipinski definition) is 2. The summed E-state index contributed by atoms with van der Waals surface area (Å²) in [5.41, 5.74) is 4.69. The molecule has 0 atom stereocenters. The molecule has 1 N–H and O–H groups in total. The van der Waals surface area contributed by atoms with Crippen LogP contribution in [0.5, 0.6) is 0 Å². The van der Waals surface area contributed by atoms with Crippen LogP contribution < -0.4 is 0 Å². The minimum Gasteiger partial charge on any atom is -0.481 e. The molecular formula is C25H25NO2. The first-order valence-corrected chi connectivity index (χ1v) is 9.49. The molecule has 3 nitrogen and oxygen atoms in total. The molecule has 0 saturated carbocycles. The van der Waals surface area contributed by atoms with E-state index in [1.165, 1.54) is 16.7 Å². The summed E-state index contributed by atoms with van der Waals surface area (Å²) in [5, 5.41) is 9.05. The molecule has 0 aliphatic rings. The lowest BCUT2D eigenvalue weighted by molar-refractivity contribution is -0.137. The quantitative estimate of drug-likeness (QED) is 0.517. The largest absolute Gasteiger partial charge is 0.481 e. The Bertz CT molecular complexity index is 887. The van der Waals surface area contributed by atoms with Gasteiger partial charge in [-0.15, -0.1) is 0 Å². The fraction of sp³-hybridized carbons (Fsp3) is 0.160. The van der Waals surface area contributed by atoms with Crippen molar-refractivity contribution in [1.82, 2.24) is 4.90 Å². The van der Waals surface area contributed by atoms with Gasteiger partial charge in [0.15, 0.2) is 0 Å². The molecule has 3 aromatic rings. The van der Waals surface area contributed by atoms with Crippen molar-refractivity contribution in [3.63, 3.8) is 0 Å². The van der Waals surface area contributed by atoms with E-state index in [9.17, 15) is 4.79 Å². The van der Waals surface area contributed by atoms with E-state index in [2.05, 4.69) is 65.6 Å². The number of hydrogen-bond donors (Lipinski definition) is 1. The summed E-state index contributed by atoms with van der Waals surface area (Å²) in [6.07, 6.45) is 4.35. The van der Waals surface area contributed by atoms with Crippen molar-refractivity contribution in [2.24, 2.45) is 0 Å². The molecular weight excluding hydrogens is 346 g/mol. The molecule has 3 rings (SSSR count). The van der Waals surface area contributed by atoms with Crippen molar-refractivity contribution >= 4 is 18.1 Å². The minimum atomic E-state index is -0.764. The second-order valence-electron chi connectivity index (χ2n) is 6.83. The molecule has 142 valence electrons. The standard InChI is InChI=1S/C25H25NO2/c27-25(28)17-18-26(19-23-9-5-2-6-10-23)20-24-15-13-22(14-16-24)12-11-21-7-3-1-4-8-21/h1-16H,17-20H2,(H,27,28)/b12-11+. The Morgan fingerprint density at radius 2 is 1.21 bits per heavy atom. The molecule has 3 heteroatoms. The highest BCUT2D eigenvalue weighted by Crippen LogP contribution is 2.14. The van der Waals surface area contributed by atoms with Gasteiger partial charge in [0.25, 0.3) is 0 Å². The van der Waals surface area contributed by atoms with E-state index in [-0.39, 0.29) is 6.42 Å². The number of nitrogens with zero attached hydrogens (tertiary/aromatic N) is 1. The summed E-state index contributed by atoms with van der Waals surface area (Å²) in [6, 6.07) is 28.8. The molecule has 0 fully saturated rings. The van der Waals surface area contributed by atoms with E-state index in [1.54, 1.807) is 0 Å². The van der Waals surface area contributed by atoms with Gasteiger partial charge in [-0.3, -0.25) is 9.69 Å². The monoisotopic (exact) mass is 371 g/mol. The molecule has 28 heavy (non-hydrogen) atoms. The molecule has 0 saturated heterocycles. The van der Waals surface area contributed by atoms with Crippen molar-refractivity contribution in [2.45, 2.75) is 19.5 Å². The van der Waals surface area contributed by atoms with Crippen LogP contribution in [0.4, 0.5) is 0 Å². The molecule has 0 unspecified atom stereocenters. The molecule has 0 radical (unpaired) electrons. The predicted molar refractivity (Wildman–Crippen MR) is 115 cm³/mol. The first-order chi connectivity index (χ1) is 13.7. The summed E-state index contributed by atoms with van der Waals surface area (Å²) >= 11 is 0. The first-order valence-electron chi connectivity index (χ1n) is 9.49. The zero-order chi connectivity index (χ0) is 19.6. The van der Waals surface area contributed by atoms with Crippen molar-refractivity contribution in [2.75, 3.05) is 6.54 Å². The maximum atomic E-state index is 11.0. The fourth-order valence-corrected chi connectivity index (χ4v) is 3.06. The SMILES string of the molecule is O=C(O)CCN(Cc1ccccc1)Cc1ccc(/C=C/c2ccccc2)cc1. The van der Waals surface area contributed by atoms with Gasteiger partial charge in [0.05, 0.1) is 6.42 Å². The summed E-state index contributed by atoms with van der Waals surface area (Å²) in [5.74, 6) is -0.764. The molecule has 0 spiro atoms. The van der Waals surface area contributed by atoms with Crippen LogP contribution in [0.25, 0.3) is 12.2 Å². The lowest BCUT2D eigenvalue weighted by Gasteiger charge is -2.22. The van der Waals surface area contributed by atoms with E-state index < -0.39 is 5.97 Å². The zero-order valence-corrected chi connectivity index (χ0v) is 15.9. The second-order valence-corrected chi connectivity index (χ2v) is 6.83. The normalized spacial score (nSPS) is 11.2. The van der Waals surface area contributed by atoms with Crippen LogP contribution >= 0.6 is 0 Å². The van der Waals surface area contributed by atoms with E-state index in [0.717, 1.165) is 18.7 Å². The van der Waals surface area contributed by atoms with Gasteiger partial charge >= 0.3 is 5.97 Å². The van der Waals surface area contributed by atoms with Gasteiger partial charge in [0.2, 0.25) is 0 Å². The third-order valence-corrected chi connectivity index (χ3v) is 4.54. The average Bonchev–Trinajstić information content (AvgIpc) is 2.73. The highest BCUT2D eigenvalue weighted by molar-refractivity contribution is 5.69. The van der Waals surface area contributed by atoms with Gasteiger partial charge in [-0.25, -0.2) is 0 Å². The van der Waals surface area contributed by atoms with Crippen LogP contribution in [0.1, 0.15) is 28.7 Å². The number of carboxylic acids is 1. The first kappa shape index (κ1) is 19.6. The molecule has 0 aromatic heterocycles. The Hall–Kier alpha value is -3.17. The summed E-state index contributed by atoms with van der Waals surface area (Å²) in [4.78, 5) is 13.2. The lowest BCUT2D eigenvalue weighted by Crippen LogP contribution is -2.25. The Labute approximate surface area is 166 Å². The predicted octanol–water partition coefficient (Wildman–Crippen LogP) is 5.33. The molecule has 3 aromatic carbocycles. The number of carboxylic acid groups (broad SMARTS) is 1. The Balaban J connectivity index is 1.64. The number of carbonyl (C=O) groups is 1. The van der Waals surface area contributed by atoms with Crippen molar-refractivity contribution in [1.29, 1.82) is 0 Å². The van der Waals surface area contributed by atoms with Gasteiger partial charge in [-0.1, -0.05) is 97.1 Å². The van der Waals surface area contributed by atoms with Crippen LogP contribution in [0.3, 0.4) is 0 Å². The zero-order valence-electron chi connectivity index (χ0n) is 15.9. The maximum absolute atomic E-state index is 11.0. The van der Waals surface area contributed by atoms with Gasteiger partial charge in [-0.05, 0) is 22.3 Å². The average molecular weight is 371 g/mol.